The van der Waals surface area contributed by atoms with Crippen LogP contribution in [0.5, 0.6) is 5.75 Å². The lowest BCUT2D eigenvalue weighted by Crippen LogP contribution is -2.22. The number of hydrogen-bond acceptors (Lipinski definition) is 2. The van der Waals surface area contributed by atoms with E-state index in [0.717, 1.165) is 29.7 Å². The maximum absolute atomic E-state index is 12.1. The molecule has 0 saturated heterocycles. The zero-order valence-electron chi connectivity index (χ0n) is 10.0. The van der Waals surface area contributed by atoms with E-state index in [1.54, 1.807) is 0 Å². The van der Waals surface area contributed by atoms with E-state index in [1.165, 1.54) is 0 Å². The molecule has 0 aliphatic heterocycles. The van der Waals surface area contributed by atoms with Crippen molar-refractivity contribution in [1.82, 2.24) is 0 Å². The van der Waals surface area contributed by atoms with Crippen LogP contribution in [0.1, 0.15) is 24.5 Å². The van der Waals surface area contributed by atoms with Crippen LogP contribution in [0.4, 0.5) is 4.39 Å². The molecule has 0 heterocycles. The van der Waals surface area contributed by atoms with Gasteiger partial charge in [-0.15, -0.1) is 0 Å². The monoisotopic (exact) mass is 225 g/mol. The highest BCUT2D eigenvalue weighted by atomic mass is 19.1. The van der Waals surface area contributed by atoms with E-state index in [0.29, 0.717) is 0 Å². The third-order valence-electron chi connectivity index (χ3n) is 2.62. The summed E-state index contributed by atoms with van der Waals surface area (Å²) in [6, 6.07) is 6.08. The Hall–Kier alpha value is -1.09. The molecule has 0 spiro atoms. The number of rotatable bonds is 6. The molecule has 0 radical (unpaired) electrons. The smallest absolute Gasteiger partial charge is 0.125 e. The molecule has 0 aliphatic carbocycles. The van der Waals surface area contributed by atoms with Crippen LogP contribution >= 0.6 is 0 Å². The van der Waals surface area contributed by atoms with Crippen molar-refractivity contribution >= 4 is 0 Å². The Morgan fingerprint density at radius 3 is 2.81 bits per heavy atom. The summed E-state index contributed by atoms with van der Waals surface area (Å²) in [5, 5.41) is 0. The van der Waals surface area contributed by atoms with Crippen molar-refractivity contribution in [1.29, 1.82) is 0 Å². The summed E-state index contributed by atoms with van der Waals surface area (Å²) >= 11 is 0. The fourth-order valence-electron chi connectivity index (χ4n) is 1.65. The molecule has 1 rings (SSSR count). The lowest BCUT2D eigenvalue weighted by Gasteiger charge is -2.15. The highest BCUT2D eigenvalue weighted by molar-refractivity contribution is 5.41. The highest BCUT2D eigenvalue weighted by Crippen LogP contribution is 2.24. The summed E-state index contributed by atoms with van der Waals surface area (Å²) in [6.07, 6.45) is 1.70. The second kappa shape index (κ2) is 6.48. The first-order valence-electron chi connectivity index (χ1n) is 5.71. The van der Waals surface area contributed by atoms with Crippen LogP contribution in [0.25, 0.3) is 0 Å². The SMILES string of the molecule is CCC(N)Cc1cccc(C)c1OCCF. The Morgan fingerprint density at radius 2 is 2.19 bits per heavy atom. The molecule has 1 aromatic rings. The number of para-hydroxylation sites is 1. The van der Waals surface area contributed by atoms with Gasteiger partial charge in [-0.25, -0.2) is 4.39 Å². The first kappa shape index (κ1) is 13.0. The Kier molecular flexibility index (Phi) is 5.26. The van der Waals surface area contributed by atoms with Crippen LogP contribution in [0.2, 0.25) is 0 Å². The lowest BCUT2D eigenvalue weighted by molar-refractivity contribution is 0.269. The van der Waals surface area contributed by atoms with Gasteiger partial charge in [0, 0.05) is 6.04 Å². The van der Waals surface area contributed by atoms with Gasteiger partial charge in [0.05, 0.1) is 0 Å². The third kappa shape index (κ3) is 3.49. The molecule has 2 nitrogen and oxygen atoms in total. The number of benzene rings is 1. The van der Waals surface area contributed by atoms with Crippen LogP contribution in [-0.4, -0.2) is 19.3 Å². The number of ether oxygens (including phenoxy) is 1. The normalized spacial score (nSPS) is 12.5. The fourth-order valence-corrected chi connectivity index (χ4v) is 1.65. The Bertz CT molecular complexity index is 328. The van der Waals surface area contributed by atoms with Crippen molar-refractivity contribution in [3.63, 3.8) is 0 Å². The molecule has 0 aromatic heterocycles. The lowest BCUT2D eigenvalue weighted by atomic mass is 10.0. The standard InChI is InChI=1S/C13H20FNO/c1-3-12(15)9-11-6-4-5-10(2)13(11)16-8-7-14/h4-6,12H,3,7-9,15H2,1-2H3. The second-order valence-electron chi connectivity index (χ2n) is 3.97. The Labute approximate surface area is 96.6 Å². The van der Waals surface area contributed by atoms with Crippen LogP contribution in [0.3, 0.4) is 0 Å². The molecule has 16 heavy (non-hydrogen) atoms. The average Bonchev–Trinajstić information content (AvgIpc) is 2.28. The maximum atomic E-state index is 12.1. The van der Waals surface area contributed by atoms with Gasteiger partial charge in [-0.1, -0.05) is 25.1 Å². The van der Waals surface area contributed by atoms with Crippen molar-refractivity contribution in [3.05, 3.63) is 29.3 Å². The van der Waals surface area contributed by atoms with Crippen molar-refractivity contribution < 1.29 is 9.13 Å². The van der Waals surface area contributed by atoms with Gasteiger partial charge in [0.15, 0.2) is 0 Å². The van der Waals surface area contributed by atoms with Gasteiger partial charge in [0.1, 0.15) is 19.0 Å². The van der Waals surface area contributed by atoms with Gasteiger partial charge in [-0.3, -0.25) is 0 Å². The minimum absolute atomic E-state index is 0.110. The molecule has 1 unspecified atom stereocenters. The van der Waals surface area contributed by atoms with E-state index in [9.17, 15) is 4.39 Å². The van der Waals surface area contributed by atoms with Crippen molar-refractivity contribution in [2.75, 3.05) is 13.3 Å². The molecule has 2 N–H and O–H groups in total. The summed E-state index contributed by atoms with van der Waals surface area (Å²) in [6.45, 7) is 3.67. The molecule has 0 aliphatic rings. The van der Waals surface area contributed by atoms with Gasteiger partial charge in [0.2, 0.25) is 0 Å². The van der Waals surface area contributed by atoms with Crippen molar-refractivity contribution in [3.8, 4) is 5.75 Å². The van der Waals surface area contributed by atoms with E-state index in [4.69, 9.17) is 10.5 Å². The molecule has 1 aromatic carbocycles. The summed E-state index contributed by atoms with van der Waals surface area (Å²) in [5.74, 6) is 0.795. The Morgan fingerprint density at radius 1 is 1.44 bits per heavy atom. The zero-order chi connectivity index (χ0) is 12.0. The van der Waals surface area contributed by atoms with E-state index in [-0.39, 0.29) is 12.6 Å². The van der Waals surface area contributed by atoms with E-state index in [2.05, 4.69) is 6.92 Å². The predicted octanol–water partition coefficient (Wildman–Crippen LogP) is 2.62. The molecule has 0 saturated carbocycles. The van der Waals surface area contributed by atoms with Gasteiger partial charge in [-0.2, -0.15) is 0 Å². The van der Waals surface area contributed by atoms with E-state index < -0.39 is 6.67 Å². The summed E-state index contributed by atoms with van der Waals surface area (Å²) < 4.78 is 17.6. The molecular formula is C13H20FNO. The minimum atomic E-state index is -0.465. The minimum Gasteiger partial charge on any atom is -0.490 e. The number of aryl methyl sites for hydroxylation is 1. The molecule has 1 atom stereocenters. The molecular weight excluding hydrogens is 205 g/mol. The first-order chi connectivity index (χ1) is 7.69. The van der Waals surface area contributed by atoms with Crippen LogP contribution in [0, 0.1) is 6.92 Å². The molecule has 0 fully saturated rings. The van der Waals surface area contributed by atoms with Gasteiger partial charge >= 0.3 is 0 Å². The molecule has 90 valence electrons. The first-order valence-corrected chi connectivity index (χ1v) is 5.71. The molecule has 0 bridgehead atoms. The van der Waals surface area contributed by atoms with Gasteiger partial charge in [0.25, 0.3) is 0 Å². The van der Waals surface area contributed by atoms with E-state index >= 15 is 0 Å². The third-order valence-corrected chi connectivity index (χ3v) is 2.62. The van der Waals surface area contributed by atoms with Crippen molar-refractivity contribution in [2.24, 2.45) is 5.73 Å². The highest BCUT2D eigenvalue weighted by Gasteiger charge is 2.09. The summed E-state index contributed by atoms with van der Waals surface area (Å²) in [7, 11) is 0. The summed E-state index contributed by atoms with van der Waals surface area (Å²) in [4.78, 5) is 0. The average molecular weight is 225 g/mol. The predicted molar refractivity (Wildman–Crippen MR) is 64.6 cm³/mol. The number of nitrogens with two attached hydrogens (primary N) is 1. The van der Waals surface area contributed by atoms with Gasteiger partial charge in [-0.05, 0) is 30.9 Å². The second-order valence-corrected chi connectivity index (χ2v) is 3.97. The van der Waals surface area contributed by atoms with Crippen LogP contribution < -0.4 is 10.5 Å². The Balaban J connectivity index is 2.84. The molecule has 3 heteroatoms. The number of halogens is 1. The number of alkyl halides is 1. The quantitative estimate of drug-likeness (QED) is 0.807. The van der Waals surface area contributed by atoms with E-state index in [1.807, 2.05) is 25.1 Å². The topological polar surface area (TPSA) is 35.2 Å². The van der Waals surface area contributed by atoms with Crippen molar-refractivity contribution in [2.45, 2.75) is 32.7 Å². The van der Waals surface area contributed by atoms with Gasteiger partial charge < -0.3 is 10.5 Å². The fraction of sp³-hybridized carbons (Fsp3) is 0.538. The van der Waals surface area contributed by atoms with Crippen LogP contribution in [0.15, 0.2) is 18.2 Å². The largest absolute Gasteiger partial charge is 0.490 e. The van der Waals surface area contributed by atoms with Crippen LogP contribution in [-0.2, 0) is 6.42 Å². The zero-order valence-corrected chi connectivity index (χ0v) is 10.0. The molecule has 0 amide bonds. The summed E-state index contributed by atoms with van der Waals surface area (Å²) in [5.41, 5.74) is 8.03. The number of hydrogen-bond donors (Lipinski definition) is 1. The maximum Gasteiger partial charge on any atom is 0.125 e.